The summed E-state index contributed by atoms with van der Waals surface area (Å²) in [6.07, 6.45) is 5.18. The van der Waals surface area contributed by atoms with Crippen molar-refractivity contribution in [3.8, 4) is 11.6 Å². The number of fused-ring (bicyclic) bond motifs is 1. The molecular weight excluding hydrogens is 456 g/mol. The van der Waals surface area contributed by atoms with E-state index in [9.17, 15) is 13.2 Å². The van der Waals surface area contributed by atoms with Crippen LogP contribution in [0.4, 0.5) is 0 Å². The van der Waals surface area contributed by atoms with Gasteiger partial charge in [0, 0.05) is 41.4 Å². The van der Waals surface area contributed by atoms with Gasteiger partial charge in [-0.1, -0.05) is 12.1 Å². The number of carbonyl (C=O) groups excluding carboxylic acids is 1. The first-order chi connectivity index (χ1) is 16.1. The fourth-order valence-electron chi connectivity index (χ4n) is 3.82. The van der Waals surface area contributed by atoms with Gasteiger partial charge in [-0.3, -0.25) is 9.78 Å². The van der Waals surface area contributed by atoms with E-state index in [1.807, 2.05) is 12.1 Å². The zero-order valence-electron chi connectivity index (χ0n) is 19.9. The van der Waals surface area contributed by atoms with Gasteiger partial charge in [0.25, 0.3) is 10.2 Å². The van der Waals surface area contributed by atoms with Crippen LogP contribution in [0.15, 0.2) is 55.0 Å². The number of pyridine rings is 2. The van der Waals surface area contributed by atoms with Crippen molar-refractivity contribution in [2.24, 2.45) is 0 Å². The summed E-state index contributed by atoms with van der Waals surface area (Å²) in [6, 6.07) is 9.10. The van der Waals surface area contributed by atoms with Gasteiger partial charge < -0.3 is 9.47 Å². The molecule has 0 amide bonds. The predicted molar refractivity (Wildman–Crippen MR) is 130 cm³/mol. The van der Waals surface area contributed by atoms with Crippen molar-refractivity contribution in [3.63, 3.8) is 0 Å². The highest BCUT2D eigenvalue weighted by atomic mass is 32.2. The molecule has 182 valence electrons. The van der Waals surface area contributed by atoms with Gasteiger partial charge in [0.05, 0.1) is 7.11 Å². The first-order valence-electron chi connectivity index (χ1n) is 11.0. The van der Waals surface area contributed by atoms with Crippen LogP contribution in [-0.4, -0.2) is 53.9 Å². The van der Waals surface area contributed by atoms with E-state index in [1.54, 1.807) is 70.6 Å². The van der Waals surface area contributed by atoms with Gasteiger partial charge in [0.15, 0.2) is 0 Å². The Morgan fingerprint density at radius 1 is 1.03 bits per heavy atom. The Labute approximate surface area is 200 Å². The van der Waals surface area contributed by atoms with Crippen LogP contribution < -0.4 is 9.46 Å². The van der Waals surface area contributed by atoms with Crippen molar-refractivity contribution < 1.29 is 22.7 Å². The maximum atomic E-state index is 13.0. The quantitative estimate of drug-likeness (QED) is 0.437. The molecule has 0 fully saturated rings. The van der Waals surface area contributed by atoms with Crippen LogP contribution >= 0.6 is 0 Å². The molecule has 1 N–H and O–H groups in total. The molecule has 0 saturated carbocycles. The second kappa shape index (κ2) is 10.9. The zero-order chi connectivity index (χ0) is 24.9. The monoisotopic (exact) mass is 486 g/mol. The Kier molecular flexibility index (Phi) is 8.19. The maximum absolute atomic E-state index is 13.0. The lowest BCUT2D eigenvalue weighted by Gasteiger charge is -2.31. The lowest BCUT2D eigenvalue weighted by molar-refractivity contribution is -0.142. The van der Waals surface area contributed by atoms with Crippen LogP contribution in [0.5, 0.6) is 11.6 Å². The molecule has 0 bridgehead atoms. The number of ether oxygens (including phenoxy) is 2. The van der Waals surface area contributed by atoms with Crippen LogP contribution in [0.2, 0.25) is 0 Å². The average Bonchev–Trinajstić information content (AvgIpc) is 2.78. The number of hydrogen-bond acceptors (Lipinski definition) is 7. The molecule has 34 heavy (non-hydrogen) atoms. The molecule has 0 aliphatic heterocycles. The maximum Gasteiger partial charge on any atom is 0.324 e. The van der Waals surface area contributed by atoms with E-state index in [0.29, 0.717) is 11.6 Å². The summed E-state index contributed by atoms with van der Waals surface area (Å²) in [5.41, 5.74) is 0.737. The van der Waals surface area contributed by atoms with E-state index in [0.717, 1.165) is 16.3 Å². The minimum absolute atomic E-state index is 0.119. The molecular formula is C24H30N4O5S. The summed E-state index contributed by atoms with van der Waals surface area (Å²) in [5, 5.41) is 1.75. The second-order valence-electron chi connectivity index (χ2n) is 8.38. The van der Waals surface area contributed by atoms with Gasteiger partial charge in [-0.25, -0.2) is 4.98 Å². The fraction of sp³-hybridized carbons (Fsp3) is 0.375. The second-order valence-corrected chi connectivity index (χ2v) is 9.99. The molecule has 1 aromatic carbocycles. The Balaban J connectivity index is 1.77. The van der Waals surface area contributed by atoms with Crippen molar-refractivity contribution in [1.29, 1.82) is 0 Å². The number of aromatic nitrogens is 2. The minimum atomic E-state index is -3.92. The normalized spacial score (nSPS) is 12.9. The van der Waals surface area contributed by atoms with E-state index in [1.165, 1.54) is 11.4 Å². The summed E-state index contributed by atoms with van der Waals surface area (Å²) in [4.78, 5) is 20.8. The van der Waals surface area contributed by atoms with Gasteiger partial charge >= 0.3 is 5.97 Å². The molecule has 3 aromatic rings. The molecule has 0 spiro atoms. The lowest BCUT2D eigenvalue weighted by Crippen LogP contribution is -2.53. The van der Waals surface area contributed by atoms with Gasteiger partial charge in [-0.05, 0) is 63.9 Å². The number of nitrogens with zero attached hydrogens (tertiary/aromatic N) is 3. The number of benzene rings is 1. The molecule has 1 atom stereocenters. The highest BCUT2D eigenvalue weighted by molar-refractivity contribution is 7.87. The lowest BCUT2D eigenvalue weighted by atomic mass is 10.1. The van der Waals surface area contributed by atoms with Crippen LogP contribution in [0, 0.1) is 0 Å². The number of carbonyl (C=O) groups is 1. The predicted octanol–water partition coefficient (Wildman–Crippen LogP) is 3.46. The zero-order valence-corrected chi connectivity index (χ0v) is 20.7. The standard InChI is InChI=1S/C24H30N4O5S/c1-16(2)28(17(3)4)34(30,31)27-22(24(29)32-5)14-18-6-8-20(9-7-18)33-23-21-11-12-25-15-19(21)10-13-26-23/h6-13,15-17,22,27H,14H2,1-5H3/t22-/m0/s1. The van der Waals surface area contributed by atoms with E-state index < -0.39 is 22.2 Å². The first kappa shape index (κ1) is 25.5. The molecule has 10 heteroatoms. The summed E-state index contributed by atoms with van der Waals surface area (Å²) < 4.78 is 40.6. The van der Waals surface area contributed by atoms with Crippen molar-refractivity contribution in [1.82, 2.24) is 19.0 Å². The number of methoxy groups -OCH3 is 1. The molecule has 3 rings (SSSR count). The third-order valence-corrected chi connectivity index (χ3v) is 7.16. The van der Waals surface area contributed by atoms with Crippen LogP contribution in [0.1, 0.15) is 33.3 Å². The molecule has 9 nitrogen and oxygen atoms in total. The van der Waals surface area contributed by atoms with Crippen molar-refractivity contribution >= 4 is 27.0 Å². The summed E-state index contributed by atoms with van der Waals surface area (Å²) in [6.45, 7) is 7.14. The topological polar surface area (TPSA) is 111 Å². The van der Waals surface area contributed by atoms with Crippen LogP contribution in [0.25, 0.3) is 10.8 Å². The van der Waals surface area contributed by atoms with E-state index in [-0.39, 0.29) is 18.5 Å². The van der Waals surface area contributed by atoms with Crippen molar-refractivity contribution in [2.45, 2.75) is 52.2 Å². The molecule has 0 aliphatic carbocycles. The summed E-state index contributed by atoms with van der Waals surface area (Å²) >= 11 is 0. The summed E-state index contributed by atoms with van der Waals surface area (Å²) in [5.74, 6) is 0.349. The molecule has 0 saturated heterocycles. The third-order valence-electron chi connectivity index (χ3n) is 5.18. The Morgan fingerprint density at radius 2 is 1.71 bits per heavy atom. The number of rotatable bonds is 10. The molecule has 0 radical (unpaired) electrons. The SMILES string of the molecule is COC(=O)[C@H](Cc1ccc(Oc2nccc3cnccc23)cc1)NS(=O)(=O)N(C(C)C)C(C)C. The van der Waals surface area contributed by atoms with Crippen LogP contribution in [0.3, 0.4) is 0 Å². The van der Waals surface area contributed by atoms with Crippen molar-refractivity contribution in [3.05, 3.63) is 60.6 Å². The number of hydrogen-bond donors (Lipinski definition) is 1. The Hall–Kier alpha value is -3.08. The highest BCUT2D eigenvalue weighted by Gasteiger charge is 2.33. The summed E-state index contributed by atoms with van der Waals surface area (Å²) in [7, 11) is -2.69. The first-order valence-corrected chi connectivity index (χ1v) is 12.4. The van der Waals surface area contributed by atoms with Gasteiger partial charge in [0.2, 0.25) is 5.88 Å². The Morgan fingerprint density at radius 3 is 2.32 bits per heavy atom. The molecule has 0 aliphatic rings. The minimum Gasteiger partial charge on any atom is -0.468 e. The smallest absolute Gasteiger partial charge is 0.324 e. The largest absolute Gasteiger partial charge is 0.468 e. The number of nitrogens with one attached hydrogen (secondary N) is 1. The van der Waals surface area contributed by atoms with E-state index >= 15 is 0 Å². The number of esters is 1. The van der Waals surface area contributed by atoms with Gasteiger partial charge in [0.1, 0.15) is 11.8 Å². The van der Waals surface area contributed by atoms with Crippen molar-refractivity contribution in [2.75, 3.05) is 7.11 Å². The molecule has 2 aromatic heterocycles. The fourth-order valence-corrected chi connectivity index (χ4v) is 5.59. The van der Waals surface area contributed by atoms with E-state index in [2.05, 4.69) is 14.7 Å². The highest BCUT2D eigenvalue weighted by Crippen LogP contribution is 2.27. The van der Waals surface area contributed by atoms with Crippen LogP contribution in [-0.2, 0) is 26.2 Å². The third kappa shape index (κ3) is 6.07. The van der Waals surface area contributed by atoms with E-state index in [4.69, 9.17) is 9.47 Å². The molecule has 0 unspecified atom stereocenters. The Bertz CT molecular complexity index is 1220. The van der Waals surface area contributed by atoms with Gasteiger partial charge in [-0.15, -0.1) is 0 Å². The molecule has 2 heterocycles. The average molecular weight is 487 g/mol. The van der Waals surface area contributed by atoms with Gasteiger partial charge in [-0.2, -0.15) is 17.4 Å².